The SMILES string of the molecule is CCOC(=O)Cc1cc(=O)[nH]c(/N=C(\N)Nc2cc(Cl)ccc2OC)n1. The van der Waals surface area contributed by atoms with Crippen LogP contribution in [0, 0.1) is 0 Å². The summed E-state index contributed by atoms with van der Waals surface area (Å²) in [6, 6.07) is 6.13. The molecule has 0 aliphatic rings. The minimum Gasteiger partial charge on any atom is -0.495 e. The molecule has 2 aromatic rings. The lowest BCUT2D eigenvalue weighted by Gasteiger charge is -2.10. The van der Waals surface area contributed by atoms with E-state index in [2.05, 4.69) is 20.3 Å². The highest BCUT2D eigenvalue weighted by Gasteiger charge is 2.09. The number of nitrogens with one attached hydrogen (secondary N) is 2. The number of hydrogen-bond donors (Lipinski definition) is 3. The van der Waals surface area contributed by atoms with E-state index in [4.69, 9.17) is 26.8 Å². The van der Waals surface area contributed by atoms with Crippen molar-refractivity contribution in [1.29, 1.82) is 0 Å². The van der Waals surface area contributed by atoms with Crippen LogP contribution in [-0.4, -0.2) is 35.6 Å². The van der Waals surface area contributed by atoms with Gasteiger partial charge >= 0.3 is 5.97 Å². The summed E-state index contributed by atoms with van der Waals surface area (Å²) < 4.78 is 10.0. The normalized spacial score (nSPS) is 11.1. The first kappa shape index (κ1) is 19.3. The number of aliphatic imine (C=N–C) groups is 1. The quantitative estimate of drug-likeness (QED) is 0.394. The van der Waals surface area contributed by atoms with E-state index < -0.39 is 11.5 Å². The monoisotopic (exact) mass is 379 g/mol. The second kappa shape index (κ2) is 8.86. The number of nitrogens with two attached hydrogens (primary N) is 1. The molecule has 0 fully saturated rings. The number of aromatic nitrogens is 2. The maximum Gasteiger partial charge on any atom is 0.311 e. The highest BCUT2D eigenvalue weighted by Crippen LogP contribution is 2.27. The Morgan fingerprint density at radius 3 is 2.88 bits per heavy atom. The van der Waals surface area contributed by atoms with Crippen LogP contribution in [0.2, 0.25) is 5.02 Å². The Morgan fingerprint density at radius 2 is 2.19 bits per heavy atom. The van der Waals surface area contributed by atoms with Crippen LogP contribution in [0.5, 0.6) is 5.75 Å². The fourth-order valence-corrected chi connectivity index (χ4v) is 2.23. The topological polar surface area (TPSA) is 132 Å². The molecule has 0 unspecified atom stereocenters. The van der Waals surface area contributed by atoms with E-state index >= 15 is 0 Å². The molecule has 138 valence electrons. The highest BCUT2D eigenvalue weighted by molar-refractivity contribution is 6.31. The van der Waals surface area contributed by atoms with Gasteiger partial charge in [0, 0.05) is 11.1 Å². The van der Waals surface area contributed by atoms with Crippen molar-refractivity contribution in [3.05, 3.63) is 45.3 Å². The summed E-state index contributed by atoms with van der Waals surface area (Å²) in [6.45, 7) is 1.93. The van der Waals surface area contributed by atoms with E-state index in [-0.39, 0.29) is 30.6 Å². The fourth-order valence-electron chi connectivity index (χ4n) is 2.06. The van der Waals surface area contributed by atoms with Gasteiger partial charge in [-0.2, -0.15) is 4.99 Å². The fraction of sp³-hybridized carbons (Fsp3) is 0.250. The summed E-state index contributed by atoms with van der Waals surface area (Å²) in [5, 5.41) is 3.29. The van der Waals surface area contributed by atoms with Crippen molar-refractivity contribution in [2.24, 2.45) is 10.7 Å². The Bertz CT molecular complexity index is 881. The van der Waals surface area contributed by atoms with Crippen molar-refractivity contribution < 1.29 is 14.3 Å². The Morgan fingerprint density at radius 1 is 1.42 bits per heavy atom. The summed E-state index contributed by atoms with van der Waals surface area (Å²) in [7, 11) is 1.50. The largest absolute Gasteiger partial charge is 0.495 e. The number of carbonyl (C=O) groups is 1. The molecule has 4 N–H and O–H groups in total. The number of esters is 1. The average Bonchev–Trinajstić information content (AvgIpc) is 2.54. The van der Waals surface area contributed by atoms with Crippen LogP contribution < -0.4 is 21.3 Å². The Balaban J connectivity index is 2.23. The van der Waals surface area contributed by atoms with Gasteiger partial charge in [0.1, 0.15) is 5.75 Å². The van der Waals surface area contributed by atoms with Crippen LogP contribution in [0.1, 0.15) is 12.6 Å². The van der Waals surface area contributed by atoms with E-state index in [1.807, 2.05) is 0 Å². The van der Waals surface area contributed by atoms with E-state index in [9.17, 15) is 9.59 Å². The molecular weight excluding hydrogens is 362 g/mol. The first-order valence-corrected chi connectivity index (χ1v) is 7.99. The molecule has 0 aliphatic carbocycles. The van der Waals surface area contributed by atoms with Gasteiger partial charge in [-0.1, -0.05) is 11.6 Å². The summed E-state index contributed by atoms with van der Waals surface area (Å²) in [4.78, 5) is 33.7. The molecule has 1 aromatic carbocycles. The number of benzene rings is 1. The first-order chi connectivity index (χ1) is 12.4. The van der Waals surface area contributed by atoms with Crippen molar-refractivity contribution >= 4 is 35.2 Å². The number of H-pyrrole nitrogens is 1. The van der Waals surface area contributed by atoms with Crippen LogP contribution in [0.4, 0.5) is 11.6 Å². The zero-order valence-electron chi connectivity index (χ0n) is 14.2. The maximum absolute atomic E-state index is 11.7. The van der Waals surface area contributed by atoms with Gasteiger partial charge in [-0.15, -0.1) is 0 Å². The van der Waals surface area contributed by atoms with Gasteiger partial charge in [-0.3, -0.25) is 14.6 Å². The number of halogens is 1. The molecule has 10 heteroatoms. The van der Waals surface area contributed by atoms with E-state index in [0.717, 1.165) is 0 Å². The third-order valence-electron chi connectivity index (χ3n) is 3.06. The molecule has 0 bridgehead atoms. The molecule has 0 spiro atoms. The molecule has 1 heterocycles. The van der Waals surface area contributed by atoms with E-state index in [1.165, 1.54) is 13.2 Å². The molecule has 0 amide bonds. The van der Waals surface area contributed by atoms with Gasteiger partial charge in [-0.05, 0) is 25.1 Å². The van der Waals surface area contributed by atoms with Gasteiger partial charge in [0.2, 0.25) is 11.9 Å². The highest BCUT2D eigenvalue weighted by atomic mass is 35.5. The third kappa shape index (κ3) is 5.49. The molecule has 2 rings (SSSR count). The molecule has 0 aliphatic heterocycles. The second-order valence-electron chi connectivity index (χ2n) is 5.01. The number of anilines is 1. The predicted molar refractivity (Wildman–Crippen MR) is 98.1 cm³/mol. The molecule has 0 atom stereocenters. The number of aromatic amines is 1. The minimum atomic E-state index is -0.490. The first-order valence-electron chi connectivity index (χ1n) is 7.62. The van der Waals surface area contributed by atoms with Crippen molar-refractivity contribution in [1.82, 2.24) is 9.97 Å². The average molecular weight is 380 g/mol. The maximum atomic E-state index is 11.7. The second-order valence-corrected chi connectivity index (χ2v) is 5.45. The van der Waals surface area contributed by atoms with Crippen molar-refractivity contribution in [3.63, 3.8) is 0 Å². The molecule has 0 saturated heterocycles. The Labute approximate surface area is 154 Å². The minimum absolute atomic E-state index is 0.0530. The smallest absolute Gasteiger partial charge is 0.311 e. The summed E-state index contributed by atoms with van der Waals surface area (Å²) >= 11 is 5.95. The number of methoxy groups -OCH3 is 1. The standard InChI is InChI=1S/C16H18ClN5O4/c1-3-26-14(24)8-10-7-13(23)21-16(19-10)22-15(18)20-11-6-9(17)4-5-12(11)25-2/h4-7H,3,8H2,1-2H3,(H4,18,19,20,21,22,23). The van der Waals surface area contributed by atoms with E-state index in [1.54, 1.807) is 25.1 Å². The molecule has 1 aromatic heterocycles. The van der Waals surface area contributed by atoms with Crippen molar-refractivity contribution in [3.8, 4) is 5.75 Å². The van der Waals surface area contributed by atoms with Crippen LogP contribution >= 0.6 is 11.6 Å². The van der Waals surface area contributed by atoms with Gasteiger partial charge in [0.15, 0.2) is 0 Å². The summed E-state index contributed by atoms with van der Waals surface area (Å²) in [5.74, 6) is -0.0925. The zero-order valence-corrected chi connectivity index (χ0v) is 15.0. The van der Waals surface area contributed by atoms with E-state index in [0.29, 0.717) is 16.5 Å². The number of carbonyl (C=O) groups excluding carboxylic acids is 1. The lowest BCUT2D eigenvalue weighted by molar-refractivity contribution is -0.142. The molecule has 0 radical (unpaired) electrons. The Kier molecular flexibility index (Phi) is 6.56. The number of nitrogens with zero attached hydrogens (tertiary/aromatic N) is 2. The molecular formula is C16H18ClN5O4. The van der Waals surface area contributed by atoms with Gasteiger partial charge in [-0.25, -0.2) is 4.98 Å². The third-order valence-corrected chi connectivity index (χ3v) is 3.30. The Hall–Kier alpha value is -3.07. The lowest BCUT2D eigenvalue weighted by atomic mass is 10.3. The van der Waals surface area contributed by atoms with Crippen LogP contribution in [0.25, 0.3) is 0 Å². The van der Waals surface area contributed by atoms with Gasteiger partial charge < -0.3 is 20.5 Å². The molecule has 26 heavy (non-hydrogen) atoms. The van der Waals surface area contributed by atoms with Crippen LogP contribution in [0.15, 0.2) is 34.1 Å². The number of guanidine groups is 1. The zero-order chi connectivity index (χ0) is 19.1. The van der Waals surface area contributed by atoms with Gasteiger partial charge in [0.25, 0.3) is 5.56 Å². The number of ether oxygens (including phenoxy) is 2. The van der Waals surface area contributed by atoms with Crippen LogP contribution in [-0.2, 0) is 16.0 Å². The molecule has 0 saturated carbocycles. The summed E-state index contributed by atoms with van der Waals surface area (Å²) in [5.41, 5.74) is 6.09. The van der Waals surface area contributed by atoms with Crippen LogP contribution in [0.3, 0.4) is 0 Å². The molecule has 9 nitrogen and oxygen atoms in total. The summed E-state index contributed by atoms with van der Waals surface area (Å²) in [6.07, 6.45) is -0.143. The number of rotatable bonds is 6. The lowest BCUT2D eigenvalue weighted by Crippen LogP contribution is -2.23. The van der Waals surface area contributed by atoms with Gasteiger partial charge in [0.05, 0.1) is 31.5 Å². The van der Waals surface area contributed by atoms with Crippen molar-refractivity contribution in [2.45, 2.75) is 13.3 Å². The van der Waals surface area contributed by atoms with Crippen molar-refractivity contribution in [2.75, 3.05) is 19.0 Å². The number of hydrogen-bond acceptors (Lipinski definition) is 6. The predicted octanol–water partition coefficient (Wildman–Crippen LogP) is 1.60.